The van der Waals surface area contributed by atoms with Crippen molar-refractivity contribution in [2.24, 2.45) is 11.8 Å². The number of likely N-dealkylation sites (tertiary alicyclic amines) is 1. The van der Waals surface area contributed by atoms with Crippen molar-refractivity contribution in [2.75, 3.05) is 6.54 Å². The molecule has 3 aliphatic rings. The third kappa shape index (κ3) is 3.33. The van der Waals surface area contributed by atoms with E-state index in [1.807, 2.05) is 4.90 Å². The summed E-state index contributed by atoms with van der Waals surface area (Å²) in [5, 5.41) is 3.11. The van der Waals surface area contributed by atoms with Gasteiger partial charge >= 0.3 is 0 Å². The summed E-state index contributed by atoms with van der Waals surface area (Å²) >= 11 is 0. The maximum Gasteiger partial charge on any atom is 0.226 e. The smallest absolute Gasteiger partial charge is 0.226 e. The first-order valence-electron chi connectivity index (χ1n) is 9.29. The lowest BCUT2D eigenvalue weighted by Crippen LogP contribution is -2.47. The van der Waals surface area contributed by atoms with Crippen molar-refractivity contribution in [3.05, 3.63) is 35.4 Å². The molecule has 1 heterocycles. The number of hydrogen-bond donors (Lipinski definition) is 1. The number of hydrogen-bond acceptors (Lipinski definition) is 2. The first-order valence-corrected chi connectivity index (χ1v) is 9.29. The molecule has 128 valence electrons. The number of nitrogens with one attached hydrogen (secondary N) is 1. The van der Waals surface area contributed by atoms with Crippen LogP contribution in [-0.4, -0.2) is 29.3 Å². The molecule has 2 atom stereocenters. The molecule has 24 heavy (non-hydrogen) atoms. The molecule has 1 aromatic rings. The van der Waals surface area contributed by atoms with Gasteiger partial charge in [0.05, 0.1) is 12.0 Å². The van der Waals surface area contributed by atoms with Crippen molar-refractivity contribution in [2.45, 2.75) is 57.5 Å². The van der Waals surface area contributed by atoms with Crippen LogP contribution in [0.4, 0.5) is 0 Å². The third-order valence-corrected chi connectivity index (χ3v) is 5.51. The number of amides is 2. The lowest BCUT2D eigenvalue weighted by Gasteiger charge is -2.40. The van der Waals surface area contributed by atoms with Crippen LogP contribution in [-0.2, 0) is 9.59 Å². The van der Waals surface area contributed by atoms with E-state index in [1.54, 1.807) is 0 Å². The molecular weight excluding hydrogens is 300 g/mol. The van der Waals surface area contributed by atoms with Gasteiger partial charge in [-0.3, -0.25) is 9.59 Å². The molecule has 2 amide bonds. The number of aryl methyl sites for hydroxylation is 1. The Balaban J connectivity index is 1.53. The highest BCUT2D eigenvalue weighted by Gasteiger charge is 2.41. The minimum Gasteiger partial charge on any atom is -0.353 e. The Kier molecular flexibility index (Phi) is 4.07. The number of carbonyl (C=O) groups is 2. The van der Waals surface area contributed by atoms with E-state index in [-0.39, 0.29) is 29.7 Å². The minimum atomic E-state index is -0.0469. The molecule has 3 fully saturated rings. The van der Waals surface area contributed by atoms with Gasteiger partial charge in [0.15, 0.2) is 0 Å². The van der Waals surface area contributed by atoms with E-state index in [1.165, 1.54) is 11.1 Å². The van der Waals surface area contributed by atoms with Crippen molar-refractivity contribution in [1.29, 1.82) is 0 Å². The lowest BCUT2D eigenvalue weighted by molar-refractivity contribution is -0.140. The summed E-state index contributed by atoms with van der Waals surface area (Å²) < 4.78 is 0. The van der Waals surface area contributed by atoms with E-state index in [9.17, 15) is 9.59 Å². The largest absolute Gasteiger partial charge is 0.353 e. The van der Waals surface area contributed by atoms with E-state index in [0.29, 0.717) is 12.6 Å². The van der Waals surface area contributed by atoms with Crippen LogP contribution in [0.15, 0.2) is 24.3 Å². The highest BCUT2D eigenvalue weighted by atomic mass is 16.2. The van der Waals surface area contributed by atoms with Gasteiger partial charge in [-0.25, -0.2) is 0 Å². The molecule has 1 saturated heterocycles. The number of carbonyl (C=O) groups excluding carboxylic acids is 2. The maximum atomic E-state index is 12.8. The van der Waals surface area contributed by atoms with Gasteiger partial charge < -0.3 is 10.2 Å². The summed E-state index contributed by atoms with van der Waals surface area (Å²) in [7, 11) is 0. The van der Waals surface area contributed by atoms with E-state index in [0.717, 1.165) is 38.5 Å². The van der Waals surface area contributed by atoms with Crippen LogP contribution in [0.25, 0.3) is 0 Å². The van der Waals surface area contributed by atoms with Crippen LogP contribution in [0, 0.1) is 18.8 Å². The zero-order valence-electron chi connectivity index (χ0n) is 14.3. The van der Waals surface area contributed by atoms with Gasteiger partial charge in [0.2, 0.25) is 11.8 Å². The summed E-state index contributed by atoms with van der Waals surface area (Å²) in [6, 6.07) is 8.97. The van der Waals surface area contributed by atoms with Crippen LogP contribution >= 0.6 is 0 Å². The first-order chi connectivity index (χ1) is 11.6. The second-order valence-electron chi connectivity index (χ2n) is 7.75. The second kappa shape index (κ2) is 6.23. The summed E-state index contributed by atoms with van der Waals surface area (Å²) in [6.07, 6.45) is 5.98. The maximum absolute atomic E-state index is 12.8. The molecule has 0 radical (unpaired) electrons. The van der Waals surface area contributed by atoms with Crippen LogP contribution in [0.5, 0.6) is 0 Å². The summed E-state index contributed by atoms with van der Waals surface area (Å²) in [6.45, 7) is 2.66. The van der Waals surface area contributed by atoms with Gasteiger partial charge in [0.25, 0.3) is 0 Å². The number of nitrogens with zero attached hydrogens (tertiary/aromatic N) is 1. The van der Waals surface area contributed by atoms with Crippen molar-refractivity contribution in [3.63, 3.8) is 0 Å². The average molecular weight is 326 g/mol. The Labute approximate surface area is 143 Å². The fraction of sp³-hybridized carbons (Fsp3) is 0.600. The molecular formula is C20H26N2O2. The molecule has 4 rings (SSSR count). The zero-order chi connectivity index (χ0) is 16.7. The van der Waals surface area contributed by atoms with Crippen LogP contribution in [0.3, 0.4) is 0 Å². The quantitative estimate of drug-likeness (QED) is 0.925. The topological polar surface area (TPSA) is 49.4 Å². The SMILES string of the molecule is Cc1cccc([C@@H]2CC[C@@H](C(=O)NC3CC3)CN2C(=O)C2CC2)c1. The molecule has 1 aliphatic heterocycles. The average Bonchev–Trinajstić information content (AvgIpc) is 3.46. The van der Waals surface area contributed by atoms with Gasteiger partial charge in [-0.15, -0.1) is 0 Å². The summed E-state index contributed by atoms with van der Waals surface area (Å²) in [5.74, 6) is 0.552. The van der Waals surface area contributed by atoms with E-state index >= 15 is 0 Å². The predicted octanol–water partition coefficient (Wildman–Crippen LogP) is 2.96. The van der Waals surface area contributed by atoms with Gasteiger partial charge in [-0.2, -0.15) is 0 Å². The fourth-order valence-corrected chi connectivity index (χ4v) is 3.76. The van der Waals surface area contributed by atoms with Crippen molar-refractivity contribution < 1.29 is 9.59 Å². The fourth-order valence-electron chi connectivity index (χ4n) is 3.76. The normalized spacial score (nSPS) is 27.0. The Hall–Kier alpha value is -1.84. The standard InChI is InChI=1S/C20H26N2O2/c1-13-3-2-4-15(11-13)18-10-7-16(19(23)21-17-8-9-17)12-22(18)20(24)14-5-6-14/h2-4,11,14,16-18H,5-10,12H2,1H3,(H,21,23)/t16-,18+/m1/s1. The molecule has 0 unspecified atom stereocenters. The first kappa shape index (κ1) is 15.7. The Morgan fingerprint density at radius 2 is 1.79 bits per heavy atom. The lowest BCUT2D eigenvalue weighted by atomic mass is 9.87. The van der Waals surface area contributed by atoms with Gasteiger partial charge in [0.1, 0.15) is 0 Å². The number of rotatable bonds is 4. The third-order valence-electron chi connectivity index (χ3n) is 5.51. The van der Waals surface area contributed by atoms with Crippen LogP contribution in [0.2, 0.25) is 0 Å². The molecule has 2 saturated carbocycles. The molecule has 1 aromatic carbocycles. The Morgan fingerprint density at radius 3 is 2.46 bits per heavy atom. The monoisotopic (exact) mass is 326 g/mol. The van der Waals surface area contributed by atoms with Crippen LogP contribution < -0.4 is 5.32 Å². The summed E-state index contributed by atoms with van der Waals surface area (Å²) in [4.78, 5) is 27.3. The van der Waals surface area contributed by atoms with Crippen molar-refractivity contribution >= 4 is 11.8 Å². The zero-order valence-corrected chi connectivity index (χ0v) is 14.3. The molecule has 1 N–H and O–H groups in total. The van der Waals surface area contributed by atoms with E-state index in [2.05, 4.69) is 36.5 Å². The van der Waals surface area contributed by atoms with Crippen molar-refractivity contribution in [3.8, 4) is 0 Å². The molecule has 0 bridgehead atoms. The molecule has 2 aliphatic carbocycles. The number of benzene rings is 1. The van der Waals surface area contributed by atoms with Crippen LogP contribution in [0.1, 0.15) is 55.7 Å². The molecule has 4 heteroatoms. The predicted molar refractivity (Wildman–Crippen MR) is 92.2 cm³/mol. The van der Waals surface area contributed by atoms with Gasteiger partial charge in [-0.1, -0.05) is 29.8 Å². The molecule has 0 spiro atoms. The summed E-state index contributed by atoms with van der Waals surface area (Å²) in [5.41, 5.74) is 2.44. The highest BCUT2D eigenvalue weighted by molar-refractivity contribution is 5.84. The van der Waals surface area contributed by atoms with E-state index < -0.39 is 0 Å². The number of piperidine rings is 1. The molecule has 0 aromatic heterocycles. The molecule has 4 nitrogen and oxygen atoms in total. The van der Waals surface area contributed by atoms with E-state index in [4.69, 9.17) is 0 Å². The Bertz CT molecular complexity index is 649. The Morgan fingerprint density at radius 1 is 1.04 bits per heavy atom. The van der Waals surface area contributed by atoms with Gasteiger partial charge in [-0.05, 0) is 51.0 Å². The van der Waals surface area contributed by atoms with Crippen molar-refractivity contribution in [1.82, 2.24) is 10.2 Å². The van der Waals surface area contributed by atoms with Gasteiger partial charge in [0, 0.05) is 18.5 Å². The highest BCUT2D eigenvalue weighted by Crippen LogP contribution is 2.39. The minimum absolute atomic E-state index is 0.0469. The second-order valence-corrected chi connectivity index (χ2v) is 7.75.